The monoisotopic (exact) mass is 275 g/mol. The third-order valence-electron chi connectivity index (χ3n) is 2.27. The number of hydrogen-bond acceptors (Lipinski definition) is 2. The lowest BCUT2D eigenvalue weighted by atomic mass is 10.1. The summed E-state index contributed by atoms with van der Waals surface area (Å²) in [6.45, 7) is 4.72. The average molecular weight is 276 g/mol. The van der Waals surface area contributed by atoms with Gasteiger partial charge in [0.25, 0.3) is 0 Å². The molecule has 0 bridgehead atoms. The summed E-state index contributed by atoms with van der Waals surface area (Å²) in [4.78, 5) is 0. The highest BCUT2D eigenvalue weighted by atomic mass is 79.9. The Bertz CT molecular complexity index is 344. The number of nitrogens with two attached hydrogens (primary N) is 1. The molecule has 0 spiro atoms. The van der Waals surface area contributed by atoms with E-state index in [4.69, 9.17) is 10.5 Å². The van der Waals surface area contributed by atoms with E-state index in [1.54, 1.807) is 0 Å². The van der Waals surface area contributed by atoms with Crippen molar-refractivity contribution in [1.29, 1.82) is 0 Å². The Hall–Kier alpha value is -0.770. The van der Waals surface area contributed by atoms with Crippen LogP contribution in [0.15, 0.2) is 16.6 Å². The molecule has 0 radical (unpaired) electrons. The molecule has 84 valence electrons. The van der Waals surface area contributed by atoms with Gasteiger partial charge in [0.2, 0.25) is 0 Å². The van der Waals surface area contributed by atoms with E-state index in [-0.39, 0.29) is 5.82 Å². The van der Waals surface area contributed by atoms with Crippen molar-refractivity contribution < 1.29 is 9.13 Å². The maximum absolute atomic E-state index is 13.2. The zero-order valence-electron chi connectivity index (χ0n) is 8.89. The van der Waals surface area contributed by atoms with Crippen LogP contribution in [-0.2, 0) is 0 Å². The second-order valence-corrected chi connectivity index (χ2v) is 4.48. The molecule has 0 saturated carbocycles. The fraction of sp³-hybridized carbons (Fsp3) is 0.455. The molecule has 1 unspecified atom stereocenters. The molecule has 0 fully saturated rings. The smallest absolute Gasteiger partial charge is 0.145 e. The SMILES string of the molecule is CCC(C)COc1cc(F)c(Br)cc1N. The number of anilines is 1. The lowest BCUT2D eigenvalue weighted by Gasteiger charge is -2.13. The van der Waals surface area contributed by atoms with E-state index in [1.807, 2.05) is 0 Å². The Kier molecular flexibility index (Phi) is 4.39. The van der Waals surface area contributed by atoms with Gasteiger partial charge in [-0.3, -0.25) is 0 Å². The maximum Gasteiger partial charge on any atom is 0.145 e. The summed E-state index contributed by atoms with van der Waals surface area (Å²) in [5, 5.41) is 0. The van der Waals surface area contributed by atoms with Crippen LogP contribution in [0.3, 0.4) is 0 Å². The van der Waals surface area contributed by atoms with Crippen molar-refractivity contribution in [2.75, 3.05) is 12.3 Å². The molecule has 1 rings (SSSR count). The zero-order valence-corrected chi connectivity index (χ0v) is 10.5. The van der Waals surface area contributed by atoms with E-state index in [0.717, 1.165) is 6.42 Å². The Morgan fingerprint density at radius 2 is 2.20 bits per heavy atom. The highest BCUT2D eigenvalue weighted by molar-refractivity contribution is 9.10. The third-order valence-corrected chi connectivity index (χ3v) is 2.88. The predicted molar refractivity (Wildman–Crippen MR) is 63.5 cm³/mol. The zero-order chi connectivity index (χ0) is 11.4. The van der Waals surface area contributed by atoms with E-state index in [9.17, 15) is 4.39 Å². The van der Waals surface area contributed by atoms with Gasteiger partial charge in [0.05, 0.1) is 16.8 Å². The lowest BCUT2D eigenvalue weighted by molar-refractivity contribution is 0.257. The minimum absolute atomic E-state index is 0.357. The molecule has 0 amide bonds. The molecule has 1 aromatic carbocycles. The number of benzene rings is 1. The molecule has 15 heavy (non-hydrogen) atoms. The molecule has 0 aromatic heterocycles. The van der Waals surface area contributed by atoms with Crippen molar-refractivity contribution in [1.82, 2.24) is 0 Å². The molecule has 2 N–H and O–H groups in total. The van der Waals surface area contributed by atoms with Gasteiger partial charge in [-0.15, -0.1) is 0 Å². The Morgan fingerprint density at radius 3 is 2.80 bits per heavy atom. The van der Waals surface area contributed by atoms with Crippen molar-refractivity contribution >= 4 is 21.6 Å². The molecular formula is C11H15BrFNO. The first kappa shape index (κ1) is 12.3. The number of hydrogen-bond donors (Lipinski definition) is 1. The highest BCUT2D eigenvalue weighted by Gasteiger charge is 2.08. The fourth-order valence-electron chi connectivity index (χ4n) is 1.02. The second kappa shape index (κ2) is 5.35. The van der Waals surface area contributed by atoms with Gasteiger partial charge in [-0.2, -0.15) is 0 Å². The average Bonchev–Trinajstić information content (AvgIpc) is 2.21. The first-order valence-corrected chi connectivity index (χ1v) is 5.71. The standard InChI is InChI=1S/C11H15BrFNO/c1-3-7(2)6-15-11-5-9(13)8(12)4-10(11)14/h4-5,7H,3,6,14H2,1-2H3. The van der Waals surface area contributed by atoms with Crippen LogP contribution in [-0.4, -0.2) is 6.61 Å². The largest absolute Gasteiger partial charge is 0.491 e. The van der Waals surface area contributed by atoms with Crippen molar-refractivity contribution in [3.63, 3.8) is 0 Å². The molecular weight excluding hydrogens is 261 g/mol. The Morgan fingerprint density at radius 1 is 1.53 bits per heavy atom. The van der Waals surface area contributed by atoms with E-state index >= 15 is 0 Å². The Balaban J connectivity index is 2.73. The summed E-state index contributed by atoms with van der Waals surface area (Å²) in [6, 6.07) is 2.82. The molecule has 0 aliphatic heterocycles. The lowest BCUT2D eigenvalue weighted by Crippen LogP contribution is -2.08. The number of halogens is 2. The summed E-state index contributed by atoms with van der Waals surface area (Å²) in [7, 11) is 0. The van der Waals surface area contributed by atoms with Crippen molar-refractivity contribution in [2.24, 2.45) is 5.92 Å². The van der Waals surface area contributed by atoms with Crippen LogP contribution in [0.25, 0.3) is 0 Å². The van der Waals surface area contributed by atoms with Crippen molar-refractivity contribution in [3.05, 3.63) is 22.4 Å². The number of rotatable bonds is 4. The quantitative estimate of drug-likeness (QED) is 0.853. The van der Waals surface area contributed by atoms with Gasteiger partial charge >= 0.3 is 0 Å². The summed E-state index contributed by atoms with van der Waals surface area (Å²) in [6.07, 6.45) is 1.03. The summed E-state index contributed by atoms with van der Waals surface area (Å²) in [5.74, 6) is 0.496. The minimum Gasteiger partial charge on any atom is -0.491 e. The normalized spacial score (nSPS) is 12.5. The number of ether oxygens (including phenoxy) is 1. The van der Waals surface area contributed by atoms with Crippen molar-refractivity contribution in [2.45, 2.75) is 20.3 Å². The summed E-state index contributed by atoms with van der Waals surface area (Å²) >= 11 is 3.06. The fourth-order valence-corrected chi connectivity index (χ4v) is 1.38. The van der Waals surface area contributed by atoms with Gasteiger partial charge in [-0.1, -0.05) is 20.3 Å². The summed E-state index contributed by atoms with van der Waals surface area (Å²) < 4.78 is 19.0. The molecule has 4 heteroatoms. The van der Waals surface area contributed by atoms with Crippen LogP contribution in [0.1, 0.15) is 20.3 Å². The van der Waals surface area contributed by atoms with Crippen LogP contribution in [0, 0.1) is 11.7 Å². The number of nitrogen functional groups attached to an aromatic ring is 1. The predicted octanol–water partition coefficient (Wildman–Crippen LogP) is 3.60. The summed E-state index contributed by atoms with van der Waals surface area (Å²) in [5.41, 5.74) is 6.15. The van der Waals surface area contributed by atoms with Gasteiger partial charge in [-0.05, 0) is 27.9 Å². The minimum atomic E-state index is -0.358. The molecule has 0 heterocycles. The molecule has 0 aliphatic rings. The Labute approximate surface area is 97.7 Å². The van der Waals surface area contributed by atoms with Gasteiger partial charge in [0, 0.05) is 6.07 Å². The van der Waals surface area contributed by atoms with E-state index in [2.05, 4.69) is 29.8 Å². The van der Waals surface area contributed by atoms with Crippen molar-refractivity contribution in [3.8, 4) is 5.75 Å². The van der Waals surface area contributed by atoms with Gasteiger partial charge < -0.3 is 10.5 Å². The molecule has 2 nitrogen and oxygen atoms in total. The molecule has 1 aromatic rings. The van der Waals surface area contributed by atoms with Crippen LogP contribution < -0.4 is 10.5 Å². The maximum atomic E-state index is 13.2. The molecule has 1 atom stereocenters. The van der Waals surface area contributed by atoms with Gasteiger partial charge in [-0.25, -0.2) is 4.39 Å². The first-order valence-electron chi connectivity index (χ1n) is 4.92. The third kappa shape index (κ3) is 3.38. The highest BCUT2D eigenvalue weighted by Crippen LogP contribution is 2.28. The van der Waals surface area contributed by atoms with Crippen LogP contribution in [0.4, 0.5) is 10.1 Å². The van der Waals surface area contributed by atoms with Crippen LogP contribution in [0.5, 0.6) is 5.75 Å². The van der Waals surface area contributed by atoms with Crippen LogP contribution in [0.2, 0.25) is 0 Å². The van der Waals surface area contributed by atoms with E-state index < -0.39 is 0 Å². The van der Waals surface area contributed by atoms with Crippen LogP contribution >= 0.6 is 15.9 Å². The second-order valence-electron chi connectivity index (χ2n) is 3.63. The molecule has 0 aliphatic carbocycles. The van der Waals surface area contributed by atoms with Gasteiger partial charge in [0.15, 0.2) is 0 Å². The first-order chi connectivity index (χ1) is 7.04. The topological polar surface area (TPSA) is 35.2 Å². The van der Waals surface area contributed by atoms with E-state index in [0.29, 0.717) is 28.4 Å². The van der Waals surface area contributed by atoms with Gasteiger partial charge in [0.1, 0.15) is 11.6 Å². The molecule has 0 saturated heterocycles. The van der Waals surface area contributed by atoms with E-state index in [1.165, 1.54) is 12.1 Å².